The van der Waals surface area contributed by atoms with E-state index in [1.165, 1.54) is 295 Å². The van der Waals surface area contributed by atoms with Crippen molar-refractivity contribution < 1.29 is 29.6 Å². The number of unbranched alkanes of at least 4 members (excludes halogenated alkanes) is 48. The zero-order valence-electron chi connectivity index (χ0n) is 57.5. The van der Waals surface area contributed by atoms with Crippen molar-refractivity contribution in [3.05, 3.63) is 48.6 Å². The van der Waals surface area contributed by atoms with Crippen molar-refractivity contribution in [2.24, 2.45) is 0 Å². The average Bonchev–Trinajstić information content (AvgIpc) is 3.55. The monoisotopic (exact) mass is 1200 g/mol. The molecule has 2 amide bonds. The highest BCUT2D eigenvalue weighted by atomic mass is 16.5. The van der Waals surface area contributed by atoms with E-state index >= 15 is 0 Å². The summed E-state index contributed by atoms with van der Waals surface area (Å²) in [6, 6.07) is -1.00. The Morgan fingerprint density at radius 3 is 0.776 bits per heavy atom. The van der Waals surface area contributed by atoms with Crippen molar-refractivity contribution in [3.63, 3.8) is 0 Å². The number of carbonyl (C=O) groups is 2. The third kappa shape index (κ3) is 69.1. The van der Waals surface area contributed by atoms with Gasteiger partial charge in [-0.1, -0.05) is 333 Å². The van der Waals surface area contributed by atoms with Crippen molar-refractivity contribution in [1.82, 2.24) is 10.6 Å². The molecule has 502 valence electrons. The Hall–Kier alpha value is -2.26. The number of hydrogen-bond donors (Lipinski definition) is 5. The van der Waals surface area contributed by atoms with Crippen LogP contribution in [-0.4, -0.2) is 71.7 Å². The molecule has 0 spiro atoms. The largest absolute Gasteiger partial charge is 0.394 e. The van der Waals surface area contributed by atoms with E-state index in [2.05, 4.69) is 68.7 Å². The van der Waals surface area contributed by atoms with Gasteiger partial charge in [-0.15, -0.1) is 0 Å². The van der Waals surface area contributed by atoms with Crippen LogP contribution < -0.4 is 10.6 Å². The molecule has 0 heterocycles. The van der Waals surface area contributed by atoms with Crippen LogP contribution in [0.4, 0.5) is 0 Å². The second-order valence-corrected chi connectivity index (χ2v) is 25.6. The van der Waals surface area contributed by atoms with Crippen molar-refractivity contribution in [3.8, 4) is 0 Å². The Morgan fingerprint density at radius 2 is 0.529 bits per heavy atom. The van der Waals surface area contributed by atoms with Gasteiger partial charge in [0.2, 0.25) is 11.8 Å². The van der Waals surface area contributed by atoms with Crippen LogP contribution in [0.3, 0.4) is 0 Å². The lowest BCUT2D eigenvalue weighted by molar-refractivity contribution is -0.123. The Labute approximate surface area is 530 Å². The molecule has 0 aromatic carbocycles. The van der Waals surface area contributed by atoms with Gasteiger partial charge in [-0.05, 0) is 89.9 Å². The summed E-state index contributed by atoms with van der Waals surface area (Å²) >= 11 is 0. The number of methoxy groups -OCH3 is 1. The molecule has 0 aliphatic heterocycles. The van der Waals surface area contributed by atoms with Gasteiger partial charge in [0.05, 0.1) is 37.5 Å². The summed E-state index contributed by atoms with van der Waals surface area (Å²) in [4.78, 5) is 24.8. The number of rotatable bonds is 67. The van der Waals surface area contributed by atoms with Crippen molar-refractivity contribution in [2.45, 2.75) is 412 Å². The first-order chi connectivity index (χ1) is 41.8. The Bertz CT molecular complexity index is 1430. The number of ether oxygens (including phenoxy) is 1. The summed E-state index contributed by atoms with van der Waals surface area (Å²) in [5.41, 5.74) is 0. The normalized spacial score (nSPS) is 13.3. The molecule has 0 rings (SSSR count). The molecule has 0 aliphatic carbocycles. The highest BCUT2D eigenvalue weighted by molar-refractivity contribution is 5.76. The summed E-state index contributed by atoms with van der Waals surface area (Å²) in [5, 5.41) is 36.5. The van der Waals surface area contributed by atoms with Crippen LogP contribution in [0.2, 0.25) is 0 Å². The van der Waals surface area contributed by atoms with Gasteiger partial charge in [0.15, 0.2) is 0 Å². The van der Waals surface area contributed by atoms with Gasteiger partial charge in [-0.25, -0.2) is 0 Å². The van der Waals surface area contributed by atoms with Gasteiger partial charge in [0, 0.05) is 20.0 Å². The van der Waals surface area contributed by atoms with E-state index in [0.29, 0.717) is 19.4 Å². The van der Waals surface area contributed by atoms with Gasteiger partial charge >= 0.3 is 0 Å². The maximum Gasteiger partial charge on any atom is 0.220 e. The van der Waals surface area contributed by atoms with Crippen LogP contribution in [0, 0.1) is 0 Å². The number of amides is 2. The van der Waals surface area contributed by atoms with Crippen molar-refractivity contribution in [1.29, 1.82) is 0 Å². The van der Waals surface area contributed by atoms with Crippen LogP contribution in [0.1, 0.15) is 387 Å². The standard InChI is InChI=1S/C39H75NO3.C38H73NO3/c1-4-6-8-10-12-14-16-18-19-20-21-23-25-27-29-31-33-35-39(42)40-37(36-43-3)38(41)34-32-30-28-26-24-22-17-15-13-11-9-7-5-2;1-3-5-7-9-11-13-15-17-18-19-20-22-24-26-28-30-32-34-38(42)39-36(35-40)37(41)33-31-29-27-25-23-21-16-14-12-10-8-6-4-2/h18-19,32,34,37-38,41H,4-17,20-31,33,35-36H2,1-3H3,(H,40,42);17-18,31,33,36-37,40-41H,3-16,19-30,32,34-35H2,1-2H3,(H,39,42)/b19-18-,34-32-;18-17-,33-31-. The lowest BCUT2D eigenvalue weighted by Gasteiger charge is -2.21. The lowest BCUT2D eigenvalue weighted by Crippen LogP contribution is -2.45. The van der Waals surface area contributed by atoms with Gasteiger partial charge in [-0.3, -0.25) is 9.59 Å². The molecule has 0 aromatic rings. The second kappa shape index (κ2) is 74.2. The van der Waals surface area contributed by atoms with Crippen molar-refractivity contribution >= 4 is 11.8 Å². The van der Waals surface area contributed by atoms with Crippen LogP contribution in [0.25, 0.3) is 0 Å². The van der Waals surface area contributed by atoms with E-state index < -0.39 is 18.2 Å². The molecule has 8 heteroatoms. The molecule has 0 bridgehead atoms. The highest BCUT2D eigenvalue weighted by Crippen LogP contribution is 2.17. The summed E-state index contributed by atoms with van der Waals surface area (Å²) in [7, 11) is 1.62. The van der Waals surface area contributed by atoms with E-state index in [4.69, 9.17) is 4.74 Å². The van der Waals surface area contributed by atoms with Crippen LogP contribution in [0.5, 0.6) is 0 Å². The minimum atomic E-state index is -0.836. The van der Waals surface area contributed by atoms with E-state index in [0.717, 1.165) is 51.4 Å². The summed E-state index contributed by atoms with van der Waals surface area (Å²) in [6.45, 7) is 9.16. The van der Waals surface area contributed by atoms with E-state index in [1.54, 1.807) is 13.2 Å². The summed E-state index contributed by atoms with van der Waals surface area (Å²) in [6.07, 6.45) is 85.9. The van der Waals surface area contributed by atoms with Gasteiger partial charge in [0.1, 0.15) is 0 Å². The first-order valence-electron chi connectivity index (χ1n) is 37.5. The number of aliphatic hydroxyl groups excluding tert-OH is 3. The zero-order valence-corrected chi connectivity index (χ0v) is 57.5. The van der Waals surface area contributed by atoms with Gasteiger partial charge in [0.25, 0.3) is 0 Å². The second-order valence-electron chi connectivity index (χ2n) is 25.6. The summed E-state index contributed by atoms with van der Waals surface area (Å²) < 4.78 is 5.27. The van der Waals surface area contributed by atoms with Crippen LogP contribution >= 0.6 is 0 Å². The number of carbonyl (C=O) groups excluding carboxylic acids is 2. The molecular formula is C77H148N2O6. The fourth-order valence-electron chi connectivity index (χ4n) is 11.2. The molecule has 0 aliphatic rings. The minimum absolute atomic E-state index is 0.0209. The fourth-order valence-corrected chi connectivity index (χ4v) is 11.2. The van der Waals surface area contributed by atoms with E-state index in [1.807, 2.05) is 12.2 Å². The molecule has 0 saturated heterocycles. The Kier molecular flexibility index (Phi) is 74.0. The molecule has 85 heavy (non-hydrogen) atoms. The number of allylic oxidation sites excluding steroid dienone is 6. The molecular weight excluding hydrogens is 1050 g/mol. The zero-order chi connectivity index (χ0) is 62.3. The Balaban J connectivity index is 0. The van der Waals surface area contributed by atoms with E-state index in [9.17, 15) is 24.9 Å². The third-order valence-corrected chi connectivity index (χ3v) is 17.0. The third-order valence-electron chi connectivity index (χ3n) is 17.0. The number of aliphatic hydroxyl groups is 3. The highest BCUT2D eigenvalue weighted by Gasteiger charge is 2.20. The molecule has 8 nitrogen and oxygen atoms in total. The lowest BCUT2D eigenvalue weighted by atomic mass is 10.0. The van der Waals surface area contributed by atoms with Crippen LogP contribution in [0.15, 0.2) is 48.6 Å². The molecule has 4 atom stereocenters. The first-order valence-corrected chi connectivity index (χ1v) is 37.5. The average molecular weight is 1200 g/mol. The van der Waals surface area contributed by atoms with Gasteiger partial charge < -0.3 is 30.7 Å². The topological polar surface area (TPSA) is 128 Å². The van der Waals surface area contributed by atoms with Crippen LogP contribution in [-0.2, 0) is 14.3 Å². The smallest absolute Gasteiger partial charge is 0.220 e. The predicted molar refractivity (Wildman–Crippen MR) is 373 cm³/mol. The predicted octanol–water partition coefficient (Wildman–Crippen LogP) is 22.5. The molecule has 5 N–H and O–H groups in total. The quantitative estimate of drug-likeness (QED) is 0.0305. The maximum absolute atomic E-state index is 12.5. The fraction of sp³-hybridized carbons (Fsp3) is 0.870. The molecule has 0 saturated carbocycles. The van der Waals surface area contributed by atoms with Gasteiger partial charge in [-0.2, -0.15) is 0 Å². The molecule has 0 fully saturated rings. The number of nitrogens with one attached hydrogen (secondary N) is 2. The Morgan fingerprint density at radius 1 is 0.318 bits per heavy atom. The van der Waals surface area contributed by atoms with Crippen molar-refractivity contribution in [2.75, 3.05) is 20.3 Å². The molecule has 0 aromatic heterocycles. The maximum atomic E-state index is 12.5. The molecule has 4 unspecified atom stereocenters. The van der Waals surface area contributed by atoms with E-state index in [-0.39, 0.29) is 24.5 Å². The SMILES string of the molecule is CCCCCCCC/C=C\CCCCCCCCCC(=O)NC(CO)C(O)/C=C\CCCCCCCCCCCCC.CCCCCCCC/C=C\CCCCCCCCCC(=O)NC(COC)C(O)/C=C\CCCCCCCCCCCCC. The number of hydrogen-bond acceptors (Lipinski definition) is 6. The summed E-state index contributed by atoms with van der Waals surface area (Å²) in [5.74, 6) is -0.0489. The first kappa shape index (κ1) is 84.8. The molecule has 0 radical (unpaired) electrons. The minimum Gasteiger partial charge on any atom is -0.394 e.